The van der Waals surface area contributed by atoms with Crippen molar-refractivity contribution in [2.24, 2.45) is 0 Å². The third-order valence-electron chi connectivity index (χ3n) is 10.2. The minimum atomic E-state index is 0.618. The van der Waals surface area contributed by atoms with Gasteiger partial charge in [0.25, 0.3) is 0 Å². The van der Waals surface area contributed by atoms with Crippen LogP contribution in [0.5, 0.6) is 0 Å². The van der Waals surface area contributed by atoms with Crippen LogP contribution in [-0.2, 0) is 0 Å². The summed E-state index contributed by atoms with van der Waals surface area (Å²) in [7, 11) is 0. The van der Waals surface area contributed by atoms with Crippen LogP contribution < -0.4 is 4.90 Å². The lowest BCUT2D eigenvalue weighted by molar-refractivity contribution is 0.620. The van der Waals surface area contributed by atoms with E-state index in [1.54, 1.807) is 0 Å². The second-order valence-electron chi connectivity index (χ2n) is 13.2. The van der Waals surface area contributed by atoms with Crippen molar-refractivity contribution in [1.82, 2.24) is 9.55 Å². The molecule has 11 rings (SSSR count). The highest BCUT2D eigenvalue weighted by molar-refractivity contribution is 7.25. The number of oxazole rings is 1. The minimum Gasteiger partial charge on any atom is -0.436 e. The smallest absolute Gasteiger partial charge is 0.227 e. The van der Waals surface area contributed by atoms with Gasteiger partial charge < -0.3 is 13.9 Å². The molecule has 3 heterocycles. The highest BCUT2D eigenvalue weighted by Crippen LogP contribution is 2.44. The van der Waals surface area contributed by atoms with Crippen LogP contribution in [-0.4, -0.2) is 9.55 Å². The number of hydrogen-bond acceptors (Lipinski definition) is 4. The van der Waals surface area contributed by atoms with Crippen LogP contribution in [0.2, 0.25) is 0 Å². The standard InChI is InChI=1S/C47H29N3OS/c1-3-12-31(13-4-1)47-48-40-23-20-35(29-43(40)51-47)49(34-22-26-45-38(27-34)37-17-9-10-18-44(37)52-45)33-21-25-41-39(28-33)46-36-16-8-7-11-30(36)19-24-42(46)50(41)32-14-5-2-6-15-32/h1-29H. The van der Waals surface area contributed by atoms with E-state index >= 15 is 0 Å². The van der Waals surface area contributed by atoms with E-state index in [1.807, 2.05) is 41.7 Å². The molecular weight excluding hydrogens is 655 g/mol. The highest BCUT2D eigenvalue weighted by Gasteiger charge is 2.21. The molecule has 0 fully saturated rings. The van der Waals surface area contributed by atoms with Crippen molar-refractivity contribution < 1.29 is 4.42 Å². The lowest BCUT2D eigenvalue weighted by Crippen LogP contribution is -2.09. The Balaban J connectivity index is 1.18. The van der Waals surface area contributed by atoms with E-state index in [0.29, 0.717) is 5.89 Å². The molecule has 0 aliphatic carbocycles. The van der Waals surface area contributed by atoms with Crippen LogP contribution in [0.3, 0.4) is 0 Å². The molecule has 244 valence electrons. The summed E-state index contributed by atoms with van der Waals surface area (Å²) in [4.78, 5) is 7.20. The van der Waals surface area contributed by atoms with Gasteiger partial charge in [-0.25, -0.2) is 4.98 Å². The second-order valence-corrected chi connectivity index (χ2v) is 14.3. The Kier molecular flexibility index (Phi) is 6.39. The number of nitrogens with zero attached hydrogens (tertiary/aromatic N) is 3. The second kappa shape index (κ2) is 11.4. The zero-order valence-corrected chi connectivity index (χ0v) is 28.7. The Morgan fingerprint density at radius 2 is 1.15 bits per heavy atom. The molecule has 0 aliphatic heterocycles. The molecule has 4 nitrogen and oxygen atoms in total. The van der Waals surface area contributed by atoms with Crippen LogP contribution in [0.4, 0.5) is 17.1 Å². The maximum atomic E-state index is 6.42. The van der Waals surface area contributed by atoms with E-state index < -0.39 is 0 Å². The van der Waals surface area contributed by atoms with Gasteiger partial charge in [0, 0.05) is 65.3 Å². The molecule has 11 aromatic rings. The topological polar surface area (TPSA) is 34.2 Å². The first-order valence-electron chi connectivity index (χ1n) is 17.5. The number of benzene rings is 8. The fourth-order valence-corrected chi connectivity index (χ4v) is 8.92. The lowest BCUT2D eigenvalue weighted by atomic mass is 10.0. The van der Waals surface area contributed by atoms with E-state index in [4.69, 9.17) is 9.40 Å². The number of para-hydroxylation sites is 1. The van der Waals surface area contributed by atoms with Crippen LogP contribution in [0.25, 0.3) is 81.0 Å². The summed E-state index contributed by atoms with van der Waals surface area (Å²) in [5.41, 5.74) is 9.17. The molecule has 0 spiro atoms. The van der Waals surface area contributed by atoms with Crippen molar-refractivity contribution in [2.75, 3.05) is 4.90 Å². The van der Waals surface area contributed by atoms with E-state index in [1.165, 1.54) is 52.8 Å². The van der Waals surface area contributed by atoms with Crippen molar-refractivity contribution in [3.8, 4) is 17.1 Å². The molecule has 0 atom stereocenters. The summed E-state index contributed by atoms with van der Waals surface area (Å²) >= 11 is 1.84. The Bertz CT molecular complexity index is 3140. The van der Waals surface area contributed by atoms with Gasteiger partial charge in [0.15, 0.2) is 5.58 Å². The third kappa shape index (κ3) is 4.50. The number of thiophene rings is 1. The predicted octanol–water partition coefficient (Wildman–Crippen LogP) is 13.6. The van der Waals surface area contributed by atoms with Crippen LogP contribution in [0, 0.1) is 0 Å². The number of aromatic nitrogens is 2. The fourth-order valence-electron chi connectivity index (χ4n) is 7.83. The molecule has 0 radical (unpaired) electrons. The van der Waals surface area contributed by atoms with Gasteiger partial charge in [0.05, 0.1) is 11.0 Å². The first kappa shape index (κ1) is 29.1. The van der Waals surface area contributed by atoms with Gasteiger partial charge in [-0.15, -0.1) is 11.3 Å². The highest BCUT2D eigenvalue weighted by atomic mass is 32.1. The number of rotatable bonds is 5. The largest absolute Gasteiger partial charge is 0.436 e. The average molecular weight is 684 g/mol. The molecule has 5 heteroatoms. The van der Waals surface area contributed by atoms with E-state index in [0.717, 1.165) is 39.4 Å². The van der Waals surface area contributed by atoms with Crippen molar-refractivity contribution >= 4 is 92.2 Å². The van der Waals surface area contributed by atoms with Crippen LogP contribution >= 0.6 is 11.3 Å². The van der Waals surface area contributed by atoms with Crippen LogP contribution in [0.15, 0.2) is 180 Å². The van der Waals surface area contributed by atoms with E-state index in [2.05, 4.69) is 155 Å². The maximum absolute atomic E-state index is 6.42. The Morgan fingerprint density at radius 3 is 2.02 bits per heavy atom. The molecule has 0 bridgehead atoms. The molecule has 0 unspecified atom stereocenters. The molecule has 8 aromatic carbocycles. The summed E-state index contributed by atoms with van der Waals surface area (Å²) in [6.07, 6.45) is 0. The quantitative estimate of drug-likeness (QED) is 0.181. The number of hydrogen-bond donors (Lipinski definition) is 0. The van der Waals surface area contributed by atoms with E-state index in [-0.39, 0.29) is 0 Å². The number of anilines is 3. The molecule has 0 N–H and O–H groups in total. The molecule has 0 aliphatic rings. The lowest BCUT2D eigenvalue weighted by Gasteiger charge is -2.26. The third-order valence-corrected chi connectivity index (χ3v) is 11.3. The van der Waals surface area contributed by atoms with Gasteiger partial charge in [-0.2, -0.15) is 0 Å². The molecule has 0 saturated carbocycles. The van der Waals surface area contributed by atoms with Gasteiger partial charge in [0.1, 0.15) is 5.52 Å². The molecular formula is C47H29N3OS. The Labute approximate surface area is 303 Å². The summed E-state index contributed by atoms with van der Waals surface area (Å²) in [5.74, 6) is 0.618. The molecule has 3 aromatic heterocycles. The van der Waals surface area contributed by atoms with Crippen molar-refractivity contribution in [2.45, 2.75) is 0 Å². The molecule has 0 saturated heterocycles. The van der Waals surface area contributed by atoms with E-state index in [9.17, 15) is 0 Å². The predicted molar refractivity (Wildman–Crippen MR) is 219 cm³/mol. The van der Waals surface area contributed by atoms with Crippen LogP contribution in [0.1, 0.15) is 0 Å². The van der Waals surface area contributed by atoms with Crippen molar-refractivity contribution in [1.29, 1.82) is 0 Å². The minimum absolute atomic E-state index is 0.618. The summed E-state index contributed by atoms with van der Waals surface area (Å²) in [6.45, 7) is 0. The number of fused-ring (bicyclic) bond motifs is 9. The Morgan fingerprint density at radius 1 is 0.500 bits per heavy atom. The van der Waals surface area contributed by atoms with Gasteiger partial charge in [-0.05, 0) is 95.7 Å². The van der Waals surface area contributed by atoms with Gasteiger partial charge in [0.2, 0.25) is 5.89 Å². The average Bonchev–Trinajstić information content (AvgIpc) is 3.90. The summed E-state index contributed by atoms with van der Waals surface area (Å²) in [6, 6.07) is 62.7. The SMILES string of the molecule is c1ccc(-c2nc3ccc(N(c4ccc5sc6ccccc6c5c4)c4ccc5c(c4)c4c6ccccc6ccc4n5-c4ccccc4)cc3o2)cc1. The van der Waals surface area contributed by atoms with Crippen molar-refractivity contribution in [3.63, 3.8) is 0 Å². The Hall–Kier alpha value is -6.69. The summed E-state index contributed by atoms with van der Waals surface area (Å²) < 4.78 is 11.4. The van der Waals surface area contributed by atoms with Gasteiger partial charge in [-0.3, -0.25) is 0 Å². The molecule has 52 heavy (non-hydrogen) atoms. The van der Waals surface area contributed by atoms with Gasteiger partial charge >= 0.3 is 0 Å². The fraction of sp³-hybridized carbons (Fsp3) is 0. The maximum Gasteiger partial charge on any atom is 0.227 e. The van der Waals surface area contributed by atoms with Gasteiger partial charge in [-0.1, -0.05) is 84.9 Å². The summed E-state index contributed by atoms with van der Waals surface area (Å²) in [5, 5.41) is 7.44. The normalized spacial score (nSPS) is 11.8. The van der Waals surface area contributed by atoms with Crippen molar-refractivity contribution in [3.05, 3.63) is 176 Å². The monoisotopic (exact) mass is 683 g/mol. The first-order valence-corrected chi connectivity index (χ1v) is 18.3. The zero-order chi connectivity index (χ0) is 34.2. The zero-order valence-electron chi connectivity index (χ0n) is 27.9. The molecule has 0 amide bonds. The first-order chi connectivity index (χ1) is 25.8.